The molecule has 0 aromatic heterocycles. The van der Waals surface area contributed by atoms with E-state index in [1.165, 1.54) is 0 Å². The zero-order chi connectivity index (χ0) is 14.4. The van der Waals surface area contributed by atoms with E-state index in [0.29, 0.717) is 13.1 Å². The van der Waals surface area contributed by atoms with E-state index in [1.807, 2.05) is 26.1 Å². The van der Waals surface area contributed by atoms with Crippen LogP contribution in [-0.2, 0) is 4.79 Å². The lowest BCUT2D eigenvalue weighted by Gasteiger charge is -2.29. The Morgan fingerprint density at radius 2 is 2.00 bits per heavy atom. The minimum absolute atomic E-state index is 0.0541. The molecule has 0 radical (unpaired) electrons. The van der Waals surface area contributed by atoms with Crippen molar-refractivity contribution >= 4 is 21.8 Å². The summed E-state index contributed by atoms with van der Waals surface area (Å²) in [6.45, 7) is 3.13. The second-order valence-electron chi connectivity index (χ2n) is 4.76. The van der Waals surface area contributed by atoms with Crippen LogP contribution in [0.1, 0.15) is 18.5 Å². The zero-order valence-electron chi connectivity index (χ0n) is 11.7. The van der Waals surface area contributed by atoms with Gasteiger partial charge in [-0.3, -0.25) is 9.69 Å². The van der Waals surface area contributed by atoms with Crippen LogP contribution < -0.4 is 11.1 Å². The predicted octanol–water partition coefficient (Wildman–Crippen LogP) is 1.76. The Hall–Kier alpha value is -0.910. The van der Waals surface area contributed by atoms with Crippen molar-refractivity contribution in [2.24, 2.45) is 11.7 Å². The van der Waals surface area contributed by atoms with Crippen LogP contribution in [0.2, 0.25) is 0 Å². The molecule has 4 nitrogen and oxygen atoms in total. The molecule has 0 aliphatic carbocycles. The molecule has 19 heavy (non-hydrogen) atoms. The summed E-state index contributed by atoms with van der Waals surface area (Å²) in [5, 5.41) is 2.67. The van der Waals surface area contributed by atoms with Gasteiger partial charge in [0, 0.05) is 36.6 Å². The quantitative estimate of drug-likeness (QED) is 0.837. The molecule has 5 heteroatoms. The van der Waals surface area contributed by atoms with Crippen molar-refractivity contribution in [1.82, 2.24) is 10.2 Å². The molecular weight excluding hydrogens is 306 g/mol. The Kier molecular flexibility index (Phi) is 6.48. The van der Waals surface area contributed by atoms with Gasteiger partial charge >= 0.3 is 0 Å². The lowest BCUT2D eigenvalue weighted by atomic mass is 10.0. The van der Waals surface area contributed by atoms with Crippen molar-refractivity contribution < 1.29 is 4.79 Å². The van der Waals surface area contributed by atoms with Gasteiger partial charge in [0.2, 0.25) is 5.91 Å². The first-order chi connectivity index (χ1) is 8.99. The van der Waals surface area contributed by atoms with Crippen molar-refractivity contribution in [1.29, 1.82) is 0 Å². The van der Waals surface area contributed by atoms with E-state index in [9.17, 15) is 4.79 Å². The summed E-state index contributed by atoms with van der Waals surface area (Å²) in [7, 11) is 3.66. The van der Waals surface area contributed by atoms with Gasteiger partial charge in [-0.1, -0.05) is 35.0 Å². The number of benzene rings is 1. The average Bonchev–Trinajstić information content (AvgIpc) is 2.40. The van der Waals surface area contributed by atoms with E-state index in [4.69, 9.17) is 5.73 Å². The van der Waals surface area contributed by atoms with Crippen molar-refractivity contribution in [2.75, 3.05) is 27.2 Å². The molecule has 0 saturated heterocycles. The van der Waals surface area contributed by atoms with Crippen LogP contribution in [0.5, 0.6) is 0 Å². The van der Waals surface area contributed by atoms with E-state index in [1.54, 1.807) is 7.05 Å². The van der Waals surface area contributed by atoms with Crippen LogP contribution in [0.3, 0.4) is 0 Å². The second-order valence-corrected chi connectivity index (χ2v) is 5.67. The summed E-state index contributed by atoms with van der Waals surface area (Å²) in [6.07, 6.45) is 0. The molecule has 0 bridgehead atoms. The number of likely N-dealkylation sites (N-methyl/N-ethyl adjacent to an activating group) is 1. The maximum Gasteiger partial charge on any atom is 0.223 e. The van der Waals surface area contributed by atoms with Crippen LogP contribution >= 0.6 is 15.9 Å². The predicted molar refractivity (Wildman–Crippen MR) is 81.8 cm³/mol. The summed E-state index contributed by atoms with van der Waals surface area (Å²) in [5.74, 6) is -0.00192. The number of nitrogens with zero attached hydrogens (tertiary/aromatic N) is 1. The second kappa shape index (κ2) is 7.62. The van der Waals surface area contributed by atoms with Gasteiger partial charge in [0.25, 0.3) is 0 Å². The summed E-state index contributed by atoms with van der Waals surface area (Å²) in [4.78, 5) is 13.7. The van der Waals surface area contributed by atoms with Crippen LogP contribution in [0.4, 0.5) is 0 Å². The highest BCUT2D eigenvalue weighted by atomic mass is 79.9. The molecule has 0 aliphatic rings. The van der Waals surface area contributed by atoms with Gasteiger partial charge in [-0.15, -0.1) is 0 Å². The van der Waals surface area contributed by atoms with Gasteiger partial charge in [-0.2, -0.15) is 0 Å². The number of carbonyl (C=O) groups excluding carboxylic acids is 1. The highest BCUT2D eigenvalue weighted by Gasteiger charge is 2.20. The molecule has 1 aromatic carbocycles. The first kappa shape index (κ1) is 16.1. The standard InChI is InChI=1S/C14H22BrN3O/c1-10(14(19)17-2)9-18(3)13(8-16)11-4-6-12(15)7-5-11/h4-7,10,13H,8-9,16H2,1-3H3,(H,17,19). The third-order valence-corrected chi connectivity index (χ3v) is 3.79. The molecule has 0 spiro atoms. The van der Waals surface area contributed by atoms with E-state index in [-0.39, 0.29) is 17.9 Å². The number of nitrogens with two attached hydrogens (primary N) is 1. The smallest absolute Gasteiger partial charge is 0.223 e. The first-order valence-electron chi connectivity index (χ1n) is 6.37. The molecule has 2 unspecified atom stereocenters. The fourth-order valence-corrected chi connectivity index (χ4v) is 2.41. The van der Waals surface area contributed by atoms with Crippen molar-refractivity contribution in [2.45, 2.75) is 13.0 Å². The Balaban J connectivity index is 2.74. The SMILES string of the molecule is CNC(=O)C(C)CN(C)C(CN)c1ccc(Br)cc1. The summed E-state index contributed by atoms with van der Waals surface area (Å²) < 4.78 is 1.05. The van der Waals surface area contributed by atoms with Crippen LogP contribution in [-0.4, -0.2) is 38.0 Å². The number of carbonyl (C=O) groups is 1. The van der Waals surface area contributed by atoms with Crippen LogP contribution in [0.25, 0.3) is 0 Å². The van der Waals surface area contributed by atoms with E-state index in [0.717, 1.165) is 10.0 Å². The zero-order valence-corrected chi connectivity index (χ0v) is 13.3. The number of halogens is 1. The maximum absolute atomic E-state index is 11.6. The Morgan fingerprint density at radius 3 is 2.47 bits per heavy atom. The number of amides is 1. The van der Waals surface area contributed by atoms with Gasteiger partial charge < -0.3 is 11.1 Å². The van der Waals surface area contributed by atoms with E-state index in [2.05, 4.69) is 38.3 Å². The van der Waals surface area contributed by atoms with Gasteiger partial charge in [0.1, 0.15) is 0 Å². The minimum Gasteiger partial charge on any atom is -0.359 e. The molecule has 0 fully saturated rings. The fourth-order valence-electron chi connectivity index (χ4n) is 2.14. The maximum atomic E-state index is 11.6. The lowest BCUT2D eigenvalue weighted by molar-refractivity contribution is -0.124. The number of hydrogen-bond acceptors (Lipinski definition) is 3. The minimum atomic E-state index is -0.0560. The van der Waals surface area contributed by atoms with Crippen molar-refractivity contribution in [3.63, 3.8) is 0 Å². The number of nitrogens with one attached hydrogen (secondary N) is 1. The monoisotopic (exact) mass is 327 g/mol. The molecule has 1 amide bonds. The highest BCUT2D eigenvalue weighted by molar-refractivity contribution is 9.10. The summed E-state index contributed by atoms with van der Waals surface area (Å²) in [6, 6.07) is 8.26. The van der Waals surface area contributed by atoms with Crippen LogP contribution in [0, 0.1) is 5.92 Å². The largest absolute Gasteiger partial charge is 0.359 e. The molecule has 0 heterocycles. The van der Waals surface area contributed by atoms with Gasteiger partial charge in [0.05, 0.1) is 0 Å². The molecule has 0 aliphatic heterocycles. The van der Waals surface area contributed by atoms with Crippen molar-refractivity contribution in [3.05, 3.63) is 34.3 Å². The lowest BCUT2D eigenvalue weighted by Crippen LogP contribution is -2.38. The van der Waals surface area contributed by atoms with Gasteiger partial charge in [-0.25, -0.2) is 0 Å². The first-order valence-corrected chi connectivity index (χ1v) is 7.16. The number of rotatable bonds is 6. The summed E-state index contributed by atoms with van der Waals surface area (Å²) >= 11 is 3.42. The molecule has 2 atom stereocenters. The molecule has 3 N–H and O–H groups in total. The Labute approximate surface area is 123 Å². The third-order valence-electron chi connectivity index (χ3n) is 3.27. The van der Waals surface area contributed by atoms with Gasteiger partial charge in [-0.05, 0) is 24.7 Å². The fraction of sp³-hybridized carbons (Fsp3) is 0.500. The molecule has 1 aromatic rings. The van der Waals surface area contributed by atoms with Crippen LogP contribution in [0.15, 0.2) is 28.7 Å². The van der Waals surface area contributed by atoms with Gasteiger partial charge in [0.15, 0.2) is 0 Å². The molecule has 106 valence electrons. The Bertz CT molecular complexity index is 408. The average molecular weight is 328 g/mol. The summed E-state index contributed by atoms with van der Waals surface area (Å²) in [5.41, 5.74) is 7.04. The molecule has 1 rings (SSSR count). The molecular formula is C14H22BrN3O. The topological polar surface area (TPSA) is 58.4 Å². The van der Waals surface area contributed by atoms with E-state index < -0.39 is 0 Å². The third kappa shape index (κ3) is 4.60. The number of hydrogen-bond donors (Lipinski definition) is 2. The highest BCUT2D eigenvalue weighted by Crippen LogP contribution is 2.21. The van der Waals surface area contributed by atoms with Crippen molar-refractivity contribution in [3.8, 4) is 0 Å². The Morgan fingerprint density at radius 1 is 1.42 bits per heavy atom. The molecule has 0 saturated carbocycles. The normalized spacial score (nSPS) is 14.2. The van der Waals surface area contributed by atoms with E-state index >= 15 is 0 Å².